The van der Waals surface area contributed by atoms with Crippen LogP contribution in [0.15, 0.2) is 0 Å². The molecule has 0 bridgehead atoms. The molecule has 1 saturated heterocycles. The molecule has 3 heteroatoms. The lowest BCUT2D eigenvalue weighted by atomic mass is 10.1. The van der Waals surface area contributed by atoms with Crippen molar-refractivity contribution < 1.29 is 4.74 Å². The third-order valence-corrected chi connectivity index (χ3v) is 3.80. The van der Waals surface area contributed by atoms with Crippen LogP contribution in [0.1, 0.15) is 40.0 Å². The first kappa shape index (κ1) is 14.9. The van der Waals surface area contributed by atoms with Gasteiger partial charge in [0.15, 0.2) is 0 Å². The largest absolute Gasteiger partial charge is 0.381 e. The van der Waals surface area contributed by atoms with Crippen LogP contribution in [0.2, 0.25) is 0 Å². The third-order valence-electron chi connectivity index (χ3n) is 3.80. The van der Waals surface area contributed by atoms with E-state index in [0.29, 0.717) is 6.04 Å². The van der Waals surface area contributed by atoms with Crippen molar-refractivity contribution in [1.29, 1.82) is 0 Å². The van der Waals surface area contributed by atoms with E-state index in [9.17, 15) is 0 Å². The molecule has 0 aromatic carbocycles. The summed E-state index contributed by atoms with van der Waals surface area (Å²) in [5.41, 5.74) is 0. The molecule has 1 rings (SSSR count). The van der Waals surface area contributed by atoms with Crippen molar-refractivity contribution in [3.05, 3.63) is 0 Å². The van der Waals surface area contributed by atoms with Crippen molar-refractivity contribution >= 4 is 0 Å². The standard InChI is InChI=1S/C14H30N2O/c1-4-13(3)12-16(5-2)9-8-15-14-6-10-17-11-7-14/h13-15H,4-12H2,1-3H3. The molecular formula is C14H30N2O. The van der Waals surface area contributed by atoms with Gasteiger partial charge in [0, 0.05) is 38.9 Å². The second kappa shape index (κ2) is 8.90. The molecule has 1 aliphatic rings. The van der Waals surface area contributed by atoms with Gasteiger partial charge in [0.1, 0.15) is 0 Å². The highest BCUT2D eigenvalue weighted by Gasteiger charge is 2.13. The molecule has 17 heavy (non-hydrogen) atoms. The minimum Gasteiger partial charge on any atom is -0.381 e. The predicted molar refractivity (Wildman–Crippen MR) is 73.4 cm³/mol. The molecule has 0 amide bonds. The summed E-state index contributed by atoms with van der Waals surface area (Å²) in [4.78, 5) is 2.56. The summed E-state index contributed by atoms with van der Waals surface area (Å²) in [5.74, 6) is 0.818. The topological polar surface area (TPSA) is 24.5 Å². The van der Waals surface area contributed by atoms with E-state index >= 15 is 0 Å². The number of nitrogens with zero attached hydrogens (tertiary/aromatic N) is 1. The minimum atomic E-state index is 0.686. The fourth-order valence-electron chi connectivity index (χ4n) is 2.28. The zero-order chi connectivity index (χ0) is 12.5. The monoisotopic (exact) mass is 242 g/mol. The number of likely N-dealkylation sites (N-methyl/N-ethyl adjacent to an activating group) is 1. The molecule has 1 aliphatic heterocycles. The molecule has 1 N–H and O–H groups in total. The first-order chi connectivity index (χ1) is 8.26. The Balaban J connectivity index is 2.09. The maximum Gasteiger partial charge on any atom is 0.0480 e. The number of hydrogen-bond donors (Lipinski definition) is 1. The average molecular weight is 242 g/mol. The summed E-state index contributed by atoms with van der Waals surface area (Å²) >= 11 is 0. The zero-order valence-corrected chi connectivity index (χ0v) is 11.9. The quantitative estimate of drug-likeness (QED) is 0.705. The molecule has 1 fully saturated rings. The first-order valence-corrected chi connectivity index (χ1v) is 7.29. The van der Waals surface area contributed by atoms with Crippen LogP contribution in [0.25, 0.3) is 0 Å². The lowest BCUT2D eigenvalue weighted by Gasteiger charge is -2.27. The Bertz CT molecular complexity index is 181. The van der Waals surface area contributed by atoms with Crippen LogP contribution >= 0.6 is 0 Å². The van der Waals surface area contributed by atoms with Gasteiger partial charge in [-0.25, -0.2) is 0 Å². The van der Waals surface area contributed by atoms with Crippen molar-refractivity contribution in [3.8, 4) is 0 Å². The minimum absolute atomic E-state index is 0.686. The Kier molecular flexibility index (Phi) is 7.82. The molecule has 1 heterocycles. The SMILES string of the molecule is CCC(C)CN(CC)CCNC1CCOCC1. The summed E-state index contributed by atoms with van der Waals surface area (Å²) in [7, 11) is 0. The highest BCUT2D eigenvalue weighted by atomic mass is 16.5. The van der Waals surface area contributed by atoms with Crippen LogP contribution in [0, 0.1) is 5.92 Å². The van der Waals surface area contributed by atoms with E-state index in [-0.39, 0.29) is 0 Å². The normalized spacial score (nSPS) is 19.8. The fourth-order valence-corrected chi connectivity index (χ4v) is 2.28. The summed E-state index contributed by atoms with van der Waals surface area (Å²) < 4.78 is 5.37. The van der Waals surface area contributed by atoms with Crippen LogP contribution in [0.3, 0.4) is 0 Å². The molecule has 0 aliphatic carbocycles. The molecule has 0 radical (unpaired) electrons. The third kappa shape index (κ3) is 6.39. The van der Waals surface area contributed by atoms with Crippen molar-refractivity contribution in [1.82, 2.24) is 10.2 Å². The van der Waals surface area contributed by atoms with Gasteiger partial charge in [-0.15, -0.1) is 0 Å². The lowest BCUT2D eigenvalue weighted by Crippen LogP contribution is -2.40. The highest BCUT2D eigenvalue weighted by Crippen LogP contribution is 2.06. The van der Waals surface area contributed by atoms with Gasteiger partial charge in [0.05, 0.1) is 0 Å². The van der Waals surface area contributed by atoms with Gasteiger partial charge >= 0.3 is 0 Å². The first-order valence-electron chi connectivity index (χ1n) is 7.29. The van der Waals surface area contributed by atoms with E-state index in [1.807, 2.05) is 0 Å². The molecule has 1 atom stereocenters. The van der Waals surface area contributed by atoms with Gasteiger partial charge < -0.3 is 15.0 Å². The second-order valence-electron chi connectivity index (χ2n) is 5.25. The van der Waals surface area contributed by atoms with Crippen molar-refractivity contribution in [2.75, 3.05) is 39.4 Å². The van der Waals surface area contributed by atoms with Crippen LogP contribution in [-0.4, -0.2) is 50.3 Å². The maximum atomic E-state index is 5.37. The zero-order valence-electron chi connectivity index (χ0n) is 11.9. The molecular weight excluding hydrogens is 212 g/mol. The molecule has 0 saturated carbocycles. The van der Waals surface area contributed by atoms with E-state index in [0.717, 1.165) is 25.7 Å². The molecule has 3 nitrogen and oxygen atoms in total. The van der Waals surface area contributed by atoms with Gasteiger partial charge in [-0.2, -0.15) is 0 Å². The second-order valence-corrected chi connectivity index (χ2v) is 5.25. The van der Waals surface area contributed by atoms with Crippen LogP contribution in [0.5, 0.6) is 0 Å². The van der Waals surface area contributed by atoms with Gasteiger partial charge in [-0.1, -0.05) is 27.2 Å². The van der Waals surface area contributed by atoms with Crippen molar-refractivity contribution in [3.63, 3.8) is 0 Å². The fraction of sp³-hybridized carbons (Fsp3) is 1.00. The van der Waals surface area contributed by atoms with Gasteiger partial charge in [-0.3, -0.25) is 0 Å². The van der Waals surface area contributed by atoms with E-state index in [1.165, 1.54) is 38.9 Å². The van der Waals surface area contributed by atoms with Gasteiger partial charge in [0.25, 0.3) is 0 Å². The molecule has 102 valence electrons. The predicted octanol–water partition coefficient (Wildman–Crippen LogP) is 2.12. The Hall–Kier alpha value is -0.120. The maximum absolute atomic E-state index is 5.37. The molecule has 0 aromatic heterocycles. The Morgan fingerprint density at radius 1 is 1.29 bits per heavy atom. The lowest BCUT2D eigenvalue weighted by molar-refractivity contribution is 0.0771. The van der Waals surface area contributed by atoms with E-state index in [1.54, 1.807) is 0 Å². The number of rotatable bonds is 8. The highest BCUT2D eigenvalue weighted by molar-refractivity contribution is 4.71. The number of hydrogen-bond acceptors (Lipinski definition) is 3. The van der Waals surface area contributed by atoms with Crippen molar-refractivity contribution in [2.24, 2.45) is 5.92 Å². The average Bonchev–Trinajstić information content (AvgIpc) is 2.38. The molecule has 0 aromatic rings. The Labute approximate surface area is 107 Å². The van der Waals surface area contributed by atoms with E-state index in [2.05, 4.69) is 31.0 Å². The van der Waals surface area contributed by atoms with Gasteiger partial charge in [0.2, 0.25) is 0 Å². The van der Waals surface area contributed by atoms with Crippen LogP contribution in [0.4, 0.5) is 0 Å². The van der Waals surface area contributed by atoms with Crippen molar-refractivity contribution in [2.45, 2.75) is 46.1 Å². The smallest absolute Gasteiger partial charge is 0.0480 e. The summed E-state index contributed by atoms with van der Waals surface area (Å²) in [6, 6.07) is 0.686. The van der Waals surface area contributed by atoms with Crippen LogP contribution in [-0.2, 0) is 4.74 Å². The number of nitrogens with one attached hydrogen (secondary N) is 1. The molecule has 1 unspecified atom stereocenters. The Morgan fingerprint density at radius 3 is 2.59 bits per heavy atom. The Morgan fingerprint density at radius 2 is 2.00 bits per heavy atom. The van der Waals surface area contributed by atoms with Gasteiger partial charge in [-0.05, 0) is 25.3 Å². The summed E-state index contributed by atoms with van der Waals surface area (Å²) in [6.07, 6.45) is 3.64. The number of ether oxygens (including phenoxy) is 1. The van der Waals surface area contributed by atoms with E-state index in [4.69, 9.17) is 4.74 Å². The summed E-state index contributed by atoms with van der Waals surface area (Å²) in [6.45, 7) is 13.4. The molecule has 0 spiro atoms. The van der Waals surface area contributed by atoms with Crippen LogP contribution < -0.4 is 5.32 Å². The van der Waals surface area contributed by atoms with E-state index < -0.39 is 0 Å². The summed E-state index contributed by atoms with van der Waals surface area (Å²) in [5, 5.41) is 3.66.